The van der Waals surface area contributed by atoms with E-state index in [-0.39, 0.29) is 18.2 Å². The summed E-state index contributed by atoms with van der Waals surface area (Å²) in [5, 5.41) is 3.99. The summed E-state index contributed by atoms with van der Waals surface area (Å²) in [6, 6.07) is 20.2. The molecule has 0 unspecified atom stereocenters. The summed E-state index contributed by atoms with van der Waals surface area (Å²) in [5.74, 6) is 1.08. The van der Waals surface area contributed by atoms with E-state index < -0.39 is 0 Å². The van der Waals surface area contributed by atoms with E-state index in [9.17, 15) is 4.39 Å². The van der Waals surface area contributed by atoms with Gasteiger partial charge in [-0.15, -0.1) is 12.4 Å². The normalized spacial score (nSPS) is 10.3. The monoisotopic (exact) mass is 435 g/mol. The van der Waals surface area contributed by atoms with E-state index in [0.717, 1.165) is 29.7 Å². The van der Waals surface area contributed by atoms with Crippen molar-refractivity contribution >= 4 is 24.0 Å². The molecule has 0 spiro atoms. The Hall–Kier alpha value is -2.27. The molecule has 3 aromatic carbocycles. The fraction of sp³-hybridized carbons (Fsp3) is 0.217. The summed E-state index contributed by atoms with van der Waals surface area (Å²) in [7, 11) is 1.60. The van der Waals surface area contributed by atoms with Crippen molar-refractivity contribution in [3.8, 4) is 11.5 Å². The SMILES string of the molecule is COc1cc(Cl)cc(CNCCc2ccc(F)cc2)c1OCc1ccccc1.Cl. The Labute approximate surface area is 182 Å². The lowest BCUT2D eigenvalue weighted by Crippen LogP contribution is -2.17. The predicted octanol–water partition coefficient (Wildman–Crippen LogP) is 5.82. The highest BCUT2D eigenvalue weighted by Crippen LogP contribution is 2.35. The molecule has 29 heavy (non-hydrogen) atoms. The summed E-state index contributed by atoms with van der Waals surface area (Å²) < 4.78 is 24.5. The molecule has 3 aromatic rings. The van der Waals surface area contributed by atoms with Crippen LogP contribution in [0.1, 0.15) is 16.7 Å². The Bertz CT molecular complexity index is 889. The van der Waals surface area contributed by atoms with Crippen LogP contribution < -0.4 is 14.8 Å². The van der Waals surface area contributed by atoms with Crippen LogP contribution in [0.3, 0.4) is 0 Å². The summed E-state index contributed by atoms with van der Waals surface area (Å²) >= 11 is 6.24. The van der Waals surface area contributed by atoms with Gasteiger partial charge in [0.2, 0.25) is 0 Å². The molecule has 3 nitrogen and oxygen atoms in total. The molecule has 0 fully saturated rings. The van der Waals surface area contributed by atoms with Gasteiger partial charge in [0.05, 0.1) is 7.11 Å². The largest absolute Gasteiger partial charge is 0.493 e. The predicted molar refractivity (Wildman–Crippen MR) is 118 cm³/mol. The van der Waals surface area contributed by atoms with Crippen LogP contribution in [0, 0.1) is 5.82 Å². The van der Waals surface area contributed by atoms with Crippen LogP contribution in [0.5, 0.6) is 11.5 Å². The second kappa shape index (κ2) is 11.7. The number of rotatable bonds is 9. The van der Waals surface area contributed by atoms with Gasteiger partial charge in [-0.3, -0.25) is 0 Å². The lowest BCUT2D eigenvalue weighted by molar-refractivity contribution is 0.280. The molecule has 154 valence electrons. The molecule has 0 aromatic heterocycles. The second-order valence-corrected chi connectivity index (χ2v) is 6.86. The van der Waals surface area contributed by atoms with Crippen molar-refractivity contribution in [2.75, 3.05) is 13.7 Å². The Balaban J connectivity index is 0.00000300. The van der Waals surface area contributed by atoms with E-state index in [4.69, 9.17) is 21.1 Å². The van der Waals surface area contributed by atoms with Crippen LogP contribution in [-0.2, 0) is 19.6 Å². The molecule has 0 saturated carbocycles. The van der Waals surface area contributed by atoms with E-state index >= 15 is 0 Å². The molecule has 0 heterocycles. The van der Waals surface area contributed by atoms with Gasteiger partial charge in [0, 0.05) is 23.2 Å². The van der Waals surface area contributed by atoms with Crippen molar-refractivity contribution in [2.45, 2.75) is 19.6 Å². The fourth-order valence-corrected chi connectivity index (χ4v) is 3.14. The summed E-state index contributed by atoms with van der Waals surface area (Å²) in [4.78, 5) is 0. The minimum absolute atomic E-state index is 0. The number of methoxy groups -OCH3 is 1. The first kappa shape index (κ1) is 23.0. The number of benzene rings is 3. The van der Waals surface area contributed by atoms with Crippen LogP contribution in [0.4, 0.5) is 4.39 Å². The number of nitrogens with one attached hydrogen (secondary N) is 1. The number of halogens is 3. The molecule has 0 saturated heterocycles. The van der Waals surface area contributed by atoms with Gasteiger partial charge < -0.3 is 14.8 Å². The average molecular weight is 436 g/mol. The van der Waals surface area contributed by atoms with Crippen molar-refractivity contribution in [3.63, 3.8) is 0 Å². The highest BCUT2D eigenvalue weighted by molar-refractivity contribution is 6.30. The molecular formula is C23H24Cl2FNO2. The quantitative estimate of drug-likeness (QED) is 0.429. The maximum atomic E-state index is 13.0. The number of hydrogen-bond donors (Lipinski definition) is 1. The standard InChI is InChI=1S/C23H23ClFNO2.ClH/c1-27-22-14-20(24)13-19(23(22)28-16-18-5-3-2-4-6-18)15-26-12-11-17-7-9-21(25)10-8-17;/h2-10,13-14,26H,11-12,15-16H2,1H3;1H. The van der Waals surface area contributed by atoms with E-state index in [1.165, 1.54) is 12.1 Å². The third-order valence-electron chi connectivity index (χ3n) is 4.36. The van der Waals surface area contributed by atoms with E-state index in [1.54, 1.807) is 25.3 Å². The molecule has 1 N–H and O–H groups in total. The van der Waals surface area contributed by atoms with Crippen LogP contribution in [0.25, 0.3) is 0 Å². The highest BCUT2D eigenvalue weighted by Gasteiger charge is 2.13. The van der Waals surface area contributed by atoms with Crippen molar-refractivity contribution in [1.82, 2.24) is 5.32 Å². The second-order valence-electron chi connectivity index (χ2n) is 6.42. The summed E-state index contributed by atoms with van der Waals surface area (Å²) in [6.45, 7) is 1.78. The van der Waals surface area contributed by atoms with Crippen molar-refractivity contribution < 1.29 is 13.9 Å². The van der Waals surface area contributed by atoms with Gasteiger partial charge in [-0.25, -0.2) is 4.39 Å². The first-order valence-corrected chi connectivity index (χ1v) is 9.52. The molecular weight excluding hydrogens is 412 g/mol. The van der Waals surface area contributed by atoms with Gasteiger partial charge in [0.25, 0.3) is 0 Å². The molecule has 3 rings (SSSR count). The van der Waals surface area contributed by atoms with E-state index in [0.29, 0.717) is 29.7 Å². The number of ether oxygens (including phenoxy) is 2. The Morgan fingerprint density at radius 2 is 1.69 bits per heavy atom. The van der Waals surface area contributed by atoms with Crippen molar-refractivity contribution in [3.05, 3.63) is 94.3 Å². The third kappa shape index (κ3) is 6.93. The average Bonchev–Trinajstić information content (AvgIpc) is 2.72. The van der Waals surface area contributed by atoms with Gasteiger partial charge >= 0.3 is 0 Å². The zero-order valence-electron chi connectivity index (χ0n) is 16.2. The van der Waals surface area contributed by atoms with Crippen LogP contribution >= 0.6 is 24.0 Å². The number of hydrogen-bond acceptors (Lipinski definition) is 3. The molecule has 0 aliphatic rings. The Kier molecular flexibility index (Phi) is 9.26. The molecule has 0 amide bonds. The van der Waals surface area contributed by atoms with Gasteiger partial charge in [0.1, 0.15) is 12.4 Å². The molecule has 0 aliphatic heterocycles. The van der Waals surface area contributed by atoms with E-state index in [2.05, 4.69) is 5.32 Å². The Morgan fingerprint density at radius 3 is 2.38 bits per heavy atom. The lowest BCUT2D eigenvalue weighted by atomic mass is 10.1. The molecule has 6 heteroatoms. The molecule has 0 atom stereocenters. The van der Waals surface area contributed by atoms with Gasteiger partial charge in [-0.05, 0) is 42.3 Å². The lowest BCUT2D eigenvalue weighted by Gasteiger charge is -2.16. The maximum Gasteiger partial charge on any atom is 0.166 e. The highest BCUT2D eigenvalue weighted by atomic mass is 35.5. The zero-order valence-corrected chi connectivity index (χ0v) is 17.7. The topological polar surface area (TPSA) is 30.5 Å². The van der Waals surface area contributed by atoms with Crippen LogP contribution in [0.2, 0.25) is 5.02 Å². The third-order valence-corrected chi connectivity index (χ3v) is 4.58. The molecule has 0 aliphatic carbocycles. The van der Waals surface area contributed by atoms with Gasteiger partial charge in [-0.1, -0.05) is 54.1 Å². The minimum Gasteiger partial charge on any atom is -0.493 e. The van der Waals surface area contributed by atoms with Crippen molar-refractivity contribution in [1.29, 1.82) is 0 Å². The zero-order chi connectivity index (χ0) is 19.8. The van der Waals surface area contributed by atoms with Gasteiger partial charge in [0.15, 0.2) is 11.5 Å². The smallest absolute Gasteiger partial charge is 0.166 e. The van der Waals surface area contributed by atoms with E-state index in [1.807, 2.05) is 36.4 Å². The molecule has 0 bridgehead atoms. The van der Waals surface area contributed by atoms with Gasteiger partial charge in [-0.2, -0.15) is 0 Å². The van der Waals surface area contributed by atoms with Crippen LogP contribution in [0.15, 0.2) is 66.7 Å². The Morgan fingerprint density at radius 1 is 0.966 bits per heavy atom. The van der Waals surface area contributed by atoms with Crippen LogP contribution in [-0.4, -0.2) is 13.7 Å². The van der Waals surface area contributed by atoms with Crippen molar-refractivity contribution in [2.24, 2.45) is 0 Å². The maximum absolute atomic E-state index is 13.0. The summed E-state index contributed by atoms with van der Waals surface area (Å²) in [6.07, 6.45) is 0.804. The fourth-order valence-electron chi connectivity index (χ4n) is 2.91. The minimum atomic E-state index is -0.220. The molecule has 0 radical (unpaired) electrons. The first-order valence-electron chi connectivity index (χ1n) is 9.14. The first-order chi connectivity index (χ1) is 13.7. The summed E-state index contributed by atoms with van der Waals surface area (Å²) in [5.41, 5.74) is 3.09.